The monoisotopic (exact) mass is 681 g/mol. The van der Waals surface area contributed by atoms with E-state index in [1.54, 1.807) is 24.3 Å². The van der Waals surface area contributed by atoms with E-state index in [9.17, 15) is 14.4 Å². The first-order valence-corrected chi connectivity index (χ1v) is 14.9. The number of aryl methyl sites for hydroxylation is 1. The molecular formula is C29H25Br2N5O3S. The van der Waals surface area contributed by atoms with E-state index >= 15 is 0 Å². The number of aromatic nitrogens is 2. The van der Waals surface area contributed by atoms with Crippen molar-refractivity contribution in [2.75, 3.05) is 21.7 Å². The van der Waals surface area contributed by atoms with Crippen LogP contribution in [0.15, 0.2) is 93.0 Å². The Morgan fingerprint density at radius 3 is 1.85 bits per heavy atom. The second kappa shape index (κ2) is 14.2. The largest absolute Gasteiger partial charge is 0.326 e. The molecule has 11 heteroatoms. The summed E-state index contributed by atoms with van der Waals surface area (Å²) >= 11 is 7.84. The third-order valence-corrected chi connectivity index (χ3v) is 7.63. The second-order valence-corrected chi connectivity index (χ2v) is 11.4. The first-order valence-electron chi connectivity index (χ1n) is 12.3. The van der Waals surface area contributed by atoms with E-state index in [4.69, 9.17) is 0 Å². The van der Waals surface area contributed by atoms with Crippen LogP contribution in [0.4, 0.5) is 17.1 Å². The highest BCUT2D eigenvalue weighted by atomic mass is 79.9. The number of benzene rings is 3. The van der Waals surface area contributed by atoms with Crippen LogP contribution in [0.25, 0.3) is 0 Å². The average molecular weight is 683 g/mol. The van der Waals surface area contributed by atoms with E-state index in [2.05, 4.69) is 64.7 Å². The van der Waals surface area contributed by atoms with Crippen LogP contribution in [0.3, 0.4) is 0 Å². The molecule has 0 aliphatic heterocycles. The van der Waals surface area contributed by atoms with Crippen molar-refractivity contribution >= 4 is 78.4 Å². The third kappa shape index (κ3) is 8.73. The van der Waals surface area contributed by atoms with Crippen molar-refractivity contribution in [1.82, 2.24) is 9.97 Å². The van der Waals surface area contributed by atoms with Crippen molar-refractivity contribution < 1.29 is 14.4 Å². The van der Waals surface area contributed by atoms with Gasteiger partial charge in [0.2, 0.25) is 11.8 Å². The molecule has 0 bridgehead atoms. The lowest BCUT2D eigenvalue weighted by Gasteiger charge is -2.11. The fraction of sp³-hybridized carbons (Fsp3) is 0.138. The van der Waals surface area contributed by atoms with Crippen LogP contribution in [0.5, 0.6) is 0 Å². The van der Waals surface area contributed by atoms with Crippen LogP contribution < -0.4 is 16.0 Å². The number of carbonyl (C=O) groups is 3. The Bertz CT molecular complexity index is 1500. The van der Waals surface area contributed by atoms with Crippen LogP contribution in [0, 0.1) is 0 Å². The zero-order chi connectivity index (χ0) is 28.5. The first-order chi connectivity index (χ1) is 19.3. The standard InChI is InChI=1S/C29H25Br2N5O3S/c1-2-18-3-9-21(10-4-18)34-27(38)17-40-29-24(28(39)35-23-13-7-20(31)8-14-23)16-32-25(36-29)15-26(37)33-22-11-5-19(30)6-12-22/h3-14,16H,2,15,17H2,1H3,(H,33,37)(H,34,38)(H,35,39). The molecule has 3 N–H and O–H groups in total. The fourth-order valence-corrected chi connectivity index (χ4v) is 4.86. The predicted octanol–water partition coefficient (Wildman–Crippen LogP) is 6.73. The number of halogens is 2. The average Bonchev–Trinajstić information content (AvgIpc) is 2.95. The summed E-state index contributed by atoms with van der Waals surface area (Å²) in [7, 11) is 0. The van der Waals surface area contributed by atoms with Gasteiger partial charge in [0.15, 0.2) is 0 Å². The number of hydrogen-bond donors (Lipinski definition) is 3. The fourth-order valence-electron chi connectivity index (χ4n) is 3.52. The van der Waals surface area contributed by atoms with Gasteiger partial charge in [0.1, 0.15) is 10.9 Å². The molecule has 0 fully saturated rings. The van der Waals surface area contributed by atoms with Gasteiger partial charge in [0, 0.05) is 32.2 Å². The molecule has 1 heterocycles. The highest BCUT2D eigenvalue weighted by Gasteiger charge is 2.18. The summed E-state index contributed by atoms with van der Waals surface area (Å²) in [5.41, 5.74) is 3.29. The Morgan fingerprint density at radius 2 is 1.27 bits per heavy atom. The summed E-state index contributed by atoms with van der Waals surface area (Å²) in [6.45, 7) is 2.06. The van der Waals surface area contributed by atoms with Gasteiger partial charge in [0.25, 0.3) is 5.91 Å². The highest BCUT2D eigenvalue weighted by molar-refractivity contribution is 9.10. The van der Waals surface area contributed by atoms with Crippen molar-refractivity contribution in [3.05, 3.63) is 105 Å². The Morgan fingerprint density at radius 1 is 0.750 bits per heavy atom. The molecule has 0 atom stereocenters. The zero-order valence-electron chi connectivity index (χ0n) is 21.4. The maximum absolute atomic E-state index is 13.1. The van der Waals surface area contributed by atoms with E-state index in [-0.39, 0.29) is 35.4 Å². The van der Waals surface area contributed by atoms with Gasteiger partial charge in [-0.05, 0) is 72.6 Å². The van der Waals surface area contributed by atoms with Gasteiger partial charge in [-0.25, -0.2) is 9.97 Å². The van der Waals surface area contributed by atoms with Crippen LogP contribution >= 0.6 is 43.6 Å². The predicted molar refractivity (Wildman–Crippen MR) is 166 cm³/mol. The van der Waals surface area contributed by atoms with Gasteiger partial charge < -0.3 is 16.0 Å². The summed E-state index contributed by atoms with van der Waals surface area (Å²) in [4.78, 5) is 47.2. The van der Waals surface area contributed by atoms with Gasteiger partial charge >= 0.3 is 0 Å². The topological polar surface area (TPSA) is 113 Å². The van der Waals surface area contributed by atoms with Gasteiger partial charge in [-0.3, -0.25) is 14.4 Å². The van der Waals surface area contributed by atoms with Crippen molar-refractivity contribution in [2.24, 2.45) is 0 Å². The summed E-state index contributed by atoms with van der Waals surface area (Å²) in [6.07, 6.45) is 2.19. The van der Waals surface area contributed by atoms with Crippen molar-refractivity contribution in [2.45, 2.75) is 24.8 Å². The first kappa shape index (κ1) is 29.4. The SMILES string of the molecule is CCc1ccc(NC(=O)CSc2nc(CC(=O)Nc3ccc(Br)cc3)ncc2C(=O)Nc2ccc(Br)cc2)cc1. The Kier molecular flexibility index (Phi) is 10.5. The zero-order valence-corrected chi connectivity index (χ0v) is 25.4. The Hall–Kier alpha value is -3.54. The number of nitrogens with one attached hydrogen (secondary N) is 3. The Labute approximate surface area is 253 Å². The minimum Gasteiger partial charge on any atom is -0.326 e. The van der Waals surface area contributed by atoms with Crippen LogP contribution in [-0.2, 0) is 22.4 Å². The van der Waals surface area contributed by atoms with E-state index in [0.717, 1.165) is 27.1 Å². The maximum atomic E-state index is 13.1. The molecule has 40 heavy (non-hydrogen) atoms. The summed E-state index contributed by atoms with van der Waals surface area (Å²) < 4.78 is 1.78. The van der Waals surface area contributed by atoms with Crippen molar-refractivity contribution in [3.63, 3.8) is 0 Å². The molecular weight excluding hydrogens is 658 g/mol. The van der Waals surface area contributed by atoms with Gasteiger partial charge in [0.05, 0.1) is 17.7 Å². The summed E-state index contributed by atoms with van der Waals surface area (Å²) in [5, 5.41) is 8.79. The molecule has 4 rings (SSSR count). The van der Waals surface area contributed by atoms with E-state index in [1.165, 1.54) is 11.8 Å². The lowest BCUT2D eigenvalue weighted by atomic mass is 10.1. The Balaban J connectivity index is 1.49. The van der Waals surface area contributed by atoms with Crippen LogP contribution in [0.1, 0.15) is 28.7 Å². The van der Waals surface area contributed by atoms with E-state index < -0.39 is 5.91 Å². The molecule has 0 radical (unpaired) electrons. The molecule has 0 unspecified atom stereocenters. The molecule has 4 aromatic rings. The third-order valence-electron chi connectivity index (χ3n) is 5.58. The maximum Gasteiger partial charge on any atom is 0.259 e. The lowest BCUT2D eigenvalue weighted by Crippen LogP contribution is -2.19. The number of rotatable bonds is 10. The van der Waals surface area contributed by atoms with Crippen molar-refractivity contribution in [3.8, 4) is 0 Å². The van der Waals surface area contributed by atoms with Crippen LogP contribution in [0.2, 0.25) is 0 Å². The minimum absolute atomic E-state index is 0.00956. The molecule has 3 amide bonds. The molecule has 1 aromatic heterocycles. The smallest absolute Gasteiger partial charge is 0.259 e. The number of nitrogens with zero attached hydrogens (tertiary/aromatic N) is 2. The minimum atomic E-state index is -0.425. The van der Waals surface area contributed by atoms with E-state index in [0.29, 0.717) is 22.1 Å². The number of anilines is 3. The van der Waals surface area contributed by atoms with Crippen molar-refractivity contribution in [1.29, 1.82) is 0 Å². The molecule has 204 valence electrons. The molecule has 0 aliphatic rings. The van der Waals surface area contributed by atoms with Gasteiger partial charge in [-0.15, -0.1) is 0 Å². The van der Waals surface area contributed by atoms with Gasteiger partial charge in [-0.2, -0.15) is 0 Å². The molecule has 0 spiro atoms. The lowest BCUT2D eigenvalue weighted by molar-refractivity contribution is -0.116. The number of carbonyl (C=O) groups excluding carboxylic acids is 3. The normalized spacial score (nSPS) is 10.6. The number of hydrogen-bond acceptors (Lipinski definition) is 6. The highest BCUT2D eigenvalue weighted by Crippen LogP contribution is 2.23. The molecule has 8 nitrogen and oxygen atoms in total. The molecule has 0 saturated carbocycles. The number of amides is 3. The van der Waals surface area contributed by atoms with E-state index in [1.807, 2.05) is 48.5 Å². The second-order valence-electron chi connectivity index (χ2n) is 8.59. The van der Waals surface area contributed by atoms with Crippen LogP contribution in [-0.4, -0.2) is 33.4 Å². The molecule has 0 aliphatic carbocycles. The summed E-state index contributed by atoms with van der Waals surface area (Å²) in [6, 6.07) is 22.0. The summed E-state index contributed by atoms with van der Waals surface area (Å²) in [5.74, 6) is -0.741. The number of thioether (sulfide) groups is 1. The quantitative estimate of drug-likeness (QED) is 0.126. The van der Waals surface area contributed by atoms with Gasteiger partial charge in [-0.1, -0.05) is 62.7 Å². The molecule has 0 saturated heterocycles. The molecule has 3 aromatic carbocycles.